The Balaban J connectivity index is 2.36. The van der Waals surface area contributed by atoms with Crippen LogP contribution in [0.3, 0.4) is 0 Å². The number of carbonyl (C=O) groups is 2. The number of carboxylic acids is 1. The smallest absolute Gasteiger partial charge is 0.305 e. The highest BCUT2D eigenvalue weighted by Gasteiger charge is 2.31. The number of benzene rings is 1. The van der Waals surface area contributed by atoms with E-state index >= 15 is 0 Å². The van der Waals surface area contributed by atoms with E-state index in [4.69, 9.17) is 9.84 Å². The first-order valence-corrected chi connectivity index (χ1v) is 5.33. The van der Waals surface area contributed by atoms with Gasteiger partial charge in [0.15, 0.2) is 0 Å². The van der Waals surface area contributed by atoms with Crippen LogP contribution in [0, 0.1) is 0 Å². The van der Waals surface area contributed by atoms with Crippen molar-refractivity contribution < 1.29 is 19.4 Å². The molecular formula is C12H13NO4. The molecule has 0 saturated heterocycles. The van der Waals surface area contributed by atoms with Gasteiger partial charge in [-0.3, -0.25) is 9.59 Å². The summed E-state index contributed by atoms with van der Waals surface area (Å²) in [6.07, 6.45) is -0.117. The average molecular weight is 235 g/mol. The fourth-order valence-corrected chi connectivity index (χ4v) is 2.01. The molecule has 1 atom stereocenters. The highest BCUT2D eigenvalue weighted by molar-refractivity contribution is 5.95. The predicted octanol–water partition coefficient (Wildman–Crippen LogP) is 1.28. The van der Waals surface area contributed by atoms with Crippen LogP contribution in [0.1, 0.15) is 13.3 Å². The van der Waals surface area contributed by atoms with E-state index in [2.05, 4.69) is 0 Å². The Morgan fingerprint density at radius 2 is 2.18 bits per heavy atom. The van der Waals surface area contributed by atoms with Gasteiger partial charge in [-0.1, -0.05) is 12.1 Å². The minimum Gasteiger partial charge on any atom is -0.489 e. The number of hydrogen-bond acceptors (Lipinski definition) is 3. The van der Waals surface area contributed by atoms with Crippen LogP contribution in [0.2, 0.25) is 0 Å². The van der Waals surface area contributed by atoms with Crippen LogP contribution < -0.4 is 9.64 Å². The van der Waals surface area contributed by atoms with Gasteiger partial charge in [0.25, 0.3) is 0 Å². The summed E-state index contributed by atoms with van der Waals surface area (Å²) in [6.45, 7) is 1.64. The molecule has 17 heavy (non-hydrogen) atoms. The summed E-state index contributed by atoms with van der Waals surface area (Å²) in [5.74, 6) is -0.499. The van der Waals surface area contributed by atoms with Gasteiger partial charge in [0.2, 0.25) is 5.91 Å². The van der Waals surface area contributed by atoms with Crippen molar-refractivity contribution in [1.29, 1.82) is 0 Å². The van der Waals surface area contributed by atoms with E-state index in [-0.39, 0.29) is 18.9 Å². The van der Waals surface area contributed by atoms with Crippen molar-refractivity contribution in [1.82, 2.24) is 0 Å². The summed E-state index contributed by atoms with van der Waals surface area (Å²) in [7, 11) is 0. The summed E-state index contributed by atoms with van der Waals surface area (Å²) in [5.41, 5.74) is 0.637. The first kappa shape index (κ1) is 11.4. The largest absolute Gasteiger partial charge is 0.489 e. The van der Waals surface area contributed by atoms with Crippen LogP contribution in [0.5, 0.6) is 5.75 Å². The van der Waals surface area contributed by atoms with E-state index in [9.17, 15) is 9.59 Å². The first-order chi connectivity index (χ1) is 8.09. The Morgan fingerprint density at radius 1 is 1.47 bits per heavy atom. The van der Waals surface area contributed by atoms with Crippen molar-refractivity contribution in [2.45, 2.75) is 19.4 Å². The molecule has 1 aromatic carbocycles. The third-order valence-corrected chi connectivity index (χ3v) is 2.67. The number of hydrogen-bond donors (Lipinski definition) is 1. The zero-order valence-corrected chi connectivity index (χ0v) is 9.42. The fraction of sp³-hybridized carbons (Fsp3) is 0.333. The quantitative estimate of drug-likeness (QED) is 0.838. The van der Waals surface area contributed by atoms with Crippen LogP contribution in [-0.4, -0.2) is 29.6 Å². The average Bonchev–Trinajstić information content (AvgIpc) is 2.27. The molecule has 1 heterocycles. The lowest BCUT2D eigenvalue weighted by atomic mass is 10.1. The SMILES string of the molecule is CC(=O)N1c2ccccc2OCC1CC(=O)O. The van der Waals surface area contributed by atoms with Crippen molar-refractivity contribution in [3.8, 4) is 5.75 Å². The molecule has 1 unspecified atom stereocenters. The molecule has 0 spiro atoms. The summed E-state index contributed by atoms with van der Waals surface area (Å²) >= 11 is 0. The standard InChI is InChI=1S/C12H13NO4/c1-8(14)13-9(6-12(15)16)7-17-11-5-3-2-4-10(11)13/h2-5,9H,6-7H2,1H3,(H,15,16). The summed E-state index contributed by atoms with van der Waals surface area (Å²) < 4.78 is 5.46. The molecule has 5 heteroatoms. The van der Waals surface area contributed by atoms with E-state index in [0.717, 1.165) is 0 Å². The number of fused-ring (bicyclic) bond motifs is 1. The number of anilines is 1. The number of ether oxygens (including phenoxy) is 1. The summed E-state index contributed by atoms with van der Waals surface area (Å²) in [6, 6.07) is 6.68. The minimum absolute atomic E-state index is 0.117. The van der Waals surface area contributed by atoms with Crippen molar-refractivity contribution in [3.63, 3.8) is 0 Å². The summed E-state index contributed by atoms with van der Waals surface area (Å²) in [4.78, 5) is 23.9. The normalized spacial score (nSPS) is 18.2. The van der Waals surface area contributed by atoms with Crippen molar-refractivity contribution in [2.24, 2.45) is 0 Å². The van der Waals surface area contributed by atoms with Gasteiger partial charge in [0.1, 0.15) is 12.4 Å². The number of carbonyl (C=O) groups excluding carboxylic acids is 1. The lowest BCUT2D eigenvalue weighted by Gasteiger charge is -2.35. The lowest BCUT2D eigenvalue weighted by molar-refractivity contribution is -0.137. The van der Waals surface area contributed by atoms with Crippen molar-refractivity contribution >= 4 is 17.6 Å². The Bertz CT molecular complexity index is 458. The fourth-order valence-electron chi connectivity index (χ4n) is 2.01. The molecule has 0 fully saturated rings. The zero-order valence-electron chi connectivity index (χ0n) is 9.42. The second-order valence-corrected chi connectivity index (χ2v) is 3.92. The van der Waals surface area contributed by atoms with Crippen LogP contribution in [-0.2, 0) is 9.59 Å². The molecule has 0 bridgehead atoms. The molecule has 5 nitrogen and oxygen atoms in total. The third-order valence-electron chi connectivity index (χ3n) is 2.67. The van der Waals surface area contributed by atoms with E-state index in [1.54, 1.807) is 18.2 Å². The van der Waals surface area contributed by atoms with Gasteiger partial charge in [0, 0.05) is 6.92 Å². The van der Waals surface area contributed by atoms with Gasteiger partial charge in [-0.15, -0.1) is 0 Å². The highest BCUT2D eigenvalue weighted by Crippen LogP contribution is 2.34. The minimum atomic E-state index is -0.941. The number of para-hydroxylation sites is 2. The van der Waals surface area contributed by atoms with Gasteiger partial charge < -0.3 is 14.7 Å². The molecule has 1 amide bonds. The molecule has 0 aromatic heterocycles. The lowest BCUT2D eigenvalue weighted by Crippen LogP contribution is -2.46. The topological polar surface area (TPSA) is 66.8 Å². The van der Waals surface area contributed by atoms with E-state index < -0.39 is 12.0 Å². The maximum absolute atomic E-state index is 11.6. The maximum atomic E-state index is 11.6. The van der Waals surface area contributed by atoms with Gasteiger partial charge in [0.05, 0.1) is 18.2 Å². The molecule has 90 valence electrons. The number of amides is 1. The van der Waals surface area contributed by atoms with Gasteiger partial charge in [-0.2, -0.15) is 0 Å². The molecule has 1 aromatic rings. The Morgan fingerprint density at radius 3 is 2.82 bits per heavy atom. The second kappa shape index (κ2) is 4.45. The van der Waals surface area contributed by atoms with Crippen LogP contribution in [0.25, 0.3) is 0 Å². The van der Waals surface area contributed by atoms with Gasteiger partial charge in [-0.05, 0) is 12.1 Å². The van der Waals surface area contributed by atoms with Crippen LogP contribution >= 0.6 is 0 Å². The Kier molecular flexibility index (Phi) is 2.99. The number of nitrogens with zero attached hydrogens (tertiary/aromatic N) is 1. The van der Waals surface area contributed by atoms with Gasteiger partial charge in [-0.25, -0.2) is 0 Å². The first-order valence-electron chi connectivity index (χ1n) is 5.33. The molecule has 0 aliphatic carbocycles. The molecule has 0 radical (unpaired) electrons. The molecular weight excluding hydrogens is 222 g/mol. The van der Waals surface area contributed by atoms with Crippen molar-refractivity contribution in [3.05, 3.63) is 24.3 Å². The maximum Gasteiger partial charge on any atom is 0.305 e. The molecule has 0 saturated carbocycles. The molecule has 1 N–H and O–H groups in total. The van der Waals surface area contributed by atoms with Crippen LogP contribution in [0.15, 0.2) is 24.3 Å². The Hall–Kier alpha value is -2.04. The molecule has 1 aliphatic rings. The summed E-state index contributed by atoms with van der Waals surface area (Å²) in [5, 5.41) is 8.82. The Labute approximate surface area is 98.6 Å². The monoisotopic (exact) mass is 235 g/mol. The number of rotatable bonds is 2. The van der Waals surface area contributed by atoms with Crippen molar-refractivity contribution in [2.75, 3.05) is 11.5 Å². The number of aliphatic carboxylic acids is 1. The number of carboxylic acid groups (broad SMARTS) is 1. The van der Waals surface area contributed by atoms with E-state index in [1.165, 1.54) is 11.8 Å². The third kappa shape index (κ3) is 2.22. The highest BCUT2D eigenvalue weighted by atomic mass is 16.5. The second-order valence-electron chi connectivity index (χ2n) is 3.92. The zero-order chi connectivity index (χ0) is 12.4. The van der Waals surface area contributed by atoms with E-state index in [1.807, 2.05) is 6.07 Å². The van der Waals surface area contributed by atoms with Crippen LogP contribution in [0.4, 0.5) is 5.69 Å². The predicted molar refractivity (Wildman–Crippen MR) is 61.1 cm³/mol. The molecule has 1 aliphatic heterocycles. The molecule has 2 rings (SSSR count). The van der Waals surface area contributed by atoms with E-state index in [0.29, 0.717) is 11.4 Å². The van der Waals surface area contributed by atoms with Gasteiger partial charge >= 0.3 is 5.97 Å².